The predicted octanol–water partition coefficient (Wildman–Crippen LogP) is 4.14. The van der Waals surface area contributed by atoms with Crippen molar-refractivity contribution in [1.29, 1.82) is 0 Å². The van der Waals surface area contributed by atoms with Crippen LogP contribution in [-0.2, 0) is 16.7 Å². The van der Waals surface area contributed by atoms with Gasteiger partial charge in [-0.05, 0) is 51.0 Å². The number of nitrogens with one attached hydrogen (secondary N) is 1. The molecule has 0 saturated heterocycles. The first-order valence-corrected chi connectivity index (χ1v) is 11.9. The molecule has 0 aliphatic rings. The molecule has 0 atom stereocenters. The summed E-state index contributed by atoms with van der Waals surface area (Å²) >= 11 is 6.13. The maximum absolute atomic E-state index is 12.1. The van der Waals surface area contributed by atoms with Gasteiger partial charge in [-0.2, -0.15) is 8.42 Å². The van der Waals surface area contributed by atoms with Crippen LogP contribution in [0, 0.1) is 6.57 Å². The first kappa shape index (κ1) is 24.7. The molecule has 0 aromatic heterocycles. The Kier molecular flexibility index (Phi) is 12.9. The van der Waals surface area contributed by atoms with E-state index in [0.717, 1.165) is 45.3 Å². The van der Waals surface area contributed by atoms with Crippen molar-refractivity contribution < 1.29 is 12.6 Å². The van der Waals surface area contributed by atoms with Crippen LogP contribution in [0.25, 0.3) is 4.85 Å². The Morgan fingerprint density at radius 3 is 2.36 bits per heavy atom. The molecule has 0 amide bonds. The SMILES string of the molecule is [C-]#[N+]Cc1cccc(OS(=O)(=O)CCCCCCCCCNCCCN)c1Cl. The lowest BCUT2D eigenvalue weighted by atomic mass is 10.1. The lowest BCUT2D eigenvalue weighted by Crippen LogP contribution is -2.19. The molecule has 1 rings (SSSR count). The van der Waals surface area contributed by atoms with Gasteiger partial charge in [-0.25, -0.2) is 6.57 Å². The van der Waals surface area contributed by atoms with Crippen LogP contribution in [0.3, 0.4) is 0 Å². The second-order valence-electron chi connectivity index (χ2n) is 6.76. The van der Waals surface area contributed by atoms with Crippen molar-refractivity contribution in [3.05, 3.63) is 40.2 Å². The quantitative estimate of drug-likeness (QED) is 0.234. The van der Waals surface area contributed by atoms with E-state index >= 15 is 0 Å². The van der Waals surface area contributed by atoms with Gasteiger partial charge in [0, 0.05) is 0 Å². The van der Waals surface area contributed by atoms with E-state index in [4.69, 9.17) is 28.1 Å². The van der Waals surface area contributed by atoms with Crippen molar-refractivity contribution in [2.45, 2.75) is 57.9 Å². The predicted molar refractivity (Wildman–Crippen MR) is 115 cm³/mol. The highest BCUT2D eigenvalue weighted by atomic mass is 35.5. The summed E-state index contributed by atoms with van der Waals surface area (Å²) in [6.45, 7) is 9.76. The van der Waals surface area contributed by atoms with Gasteiger partial charge in [-0.1, -0.05) is 49.8 Å². The van der Waals surface area contributed by atoms with E-state index in [9.17, 15) is 8.42 Å². The average Bonchev–Trinajstić information content (AvgIpc) is 2.66. The molecule has 1 aromatic carbocycles. The zero-order valence-electron chi connectivity index (χ0n) is 16.5. The number of halogens is 1. The standard InChI is InChI=1S/C20H32ClN3O3S/c1-23-17-18-11-9-12-19(20(18)21)27-28(25,26)16-8-6-4-2-3-5-7-14-24-15-10-13-22/h9,11-12,24H,2-8,10,13-17,22H2. The van der Waals surface area contributed by atoms with E-state index < -0.39 is 10.1 Å². The van der Waals surface area contributed by atoms with Crippen molar-refractivity contribution >= 4 is 21.7 Å². The van der Waals surface area contributed by atoms with Crippen LogP contribution in [0.2, 0.25) is 5.02 Å². The molecule has 0 fully saturated rings. The number of rotatable bonds is 16. The smallest absolute Gasteiger partial charge is 0.309 e. The minimum absolute atomic E-state index is 0.0264. The van der Waals surface area contributed by atoms with Crippen molar-refractivity contribution in [2.75, 3.05) is 25.4 Å². The van der Waals surface area contributed by atoms with Gasteiger partial charge in [-0.15, -0.1) is 0 Å². The third kappa shape index (κ3) is 10.9. The van der Waals surface area contributed by atoms with Crippen molar-refractivity contribution in [1.82, 2.24) is 5.32 Å². The van der Waals surface area contributed by atoms with Crippen LogP contribution < -0.4 is 15.2 Å². The summed E-state index contributed by atoms with van der Waals surface area (Å²) in [6, 6.07) is 4.85. The summed E-state index contributed by atoms with van der Waals surface area (Å²) in [5.74, 6) is 0.0735. The second-order valence-corrected chi connectivity index (χ2v) is 8.83. The minimum Gasteiger partial charge on any atom is -0.381 e. The van der Waals surface area contributed by atoms with Gasteiger partial charge in [0.05, 0.1) is 16.3 Å². The zero-order valence-corrected chi connectivity index (χ0v) is 18.0. The van der Waals surface area contributed by atoms with Gasteiger partial charge in [0.15, 0.2) is 5.75 Å². The van der Waals surface area contributed by atoms with Crippen LogP contribution in [0.1, 0.15) is 56.9 Å². The molecule has 0 unspecified atom stereocenters. The summed E-state index contributed by atoms with van der Waals surface area (Å²) in [6.07, 6.45) is 8.13. The molecule has 0 bridgehead atoms. The summed E-state index contributed by atoms with van der Waals surface area (Å²) < 4.78 is 29.4. The zero-order chi connectivity index (χ0) is 20.7. The van der Waals surface area contributed by atoms with Crippen molar-refractivity contribution in [3.63, 3.8) is 0 Å². The molecular formula is C20H32ClN3O3S. The normalized spacial score (nSPS) is 11.3. The number of unbranched alkanes of at least 4 members (excludes halogenated alkanes) is 6. The Hall–Kier alpha value is -1.33. The number of benzene rings is 1. The highest BCUT2D eigenvalue weighted by Gasteiger charge is 2.17. The summed E-state index contributed by atoms with van der Waals surface area (Å²) in [5, 5.41) is 3.56. The number of nitrogens with zero attached hydrogens (tertiary/aromatic N) is 1. The molecule has 0 spiro atoms. The van der Waals surface area contributed by atoms with Gasteiger partial charge in [0.1, 0.15) is 0 Å². The molecule has 158 valence electrons. The van der Waals surface area contributed by atoms with Crippen LogP contribution in [0.15, 0.2) is 18.2 Å². The number of nitrogens with two attached hydrogens (primary N) is 1. The molecule has 0 aliphatic heterocycles. The van der Waals surface area contributed by atoms with Crippen LogP contribution in [0.5, 0.6) is 5.75 Å². The third-order valence-corrected chi connectivity index (χ3v) is 5.97. The summed E-state index contributed by atoms with van der Waals surface area (Å²) in [4.78, 5) is 3.27. The fourth-order valence-electron chi connectivity index (χ4n) is 2.77. The maximum atomic E-state index is 12.1. The van der Waals surface area contributed by atoms with Crippen LogP contribution in [0.4, 0.5) is 0 Å². The van der Waals surface area contributed by atoms with Crippen molar-refractivity contribution in [2.24, 2.45) is 5.73 Å². The first-order valence-electron chi connectivity index (χ1n) is 9.93. The minimum atomic E-state index is -3.68. The Morgan fingerprint density at radius 2 is 1.68 bits per heavy atom. The van der Waals surface area contributed by atoms with Gasteiger partial charge < -0.3 is 20.1 Å². The third-order valence-electron chi connectivity index (χ3n) is 4.31. The lowest BCUT2D eigenvalue weighted by molar-refractivity contribution is 0.481. The molecular weight excluding hydrogens is 398 g/mol. The Bertz CT molecular complexity index is 705. The summed E-state index contributed by atoms with van der Waals surface area (Å²) in [7, 11) is -3.68. The molecule has 0 aliphatic carbocycles. The molecule has 28 heavy (non-hydrogen) atoms. The van der Waals surface area contributed by atoms with E-state index in [1.54, 1.807) is 12.1 Å². The van der Waals surface area contributed by atoms with E-state index in [0.29, 0.717) is 12.0 Å². The Balaban J connectivity index is 2.17. The topological polar surface area (TPSA) is 85.8 Å². The Labute approximate surface area is 174 Å². The van der Waals surface area contributed by atoms with Gasteiger partial charge in [0.25, 0.3) is 0 Å². The molecule has 3 N–H and O–H groups in total. The van der Waals surface area contributed by atoms with Gasteiger partial charge in [-0.3, -0.25) is 0 Å². The molecule has 0 saturated carbocycles. The van der Waals surface area contributed by atoms with E-state index in [1.165, 1.54) is 25.3 Å². The highest BCUT2D eigenvalue weighted by molar-refractivity contribution is 7.87. The molecule has 0 radical (unpaired) electrons. The second kappa shape index (κ2) is 14.6. The average molecular weight is 430 g/mol. The van der Waals surface area contributed by atoms with Gasteiger partial charge in [0.2, 0.25) is 6.54 Å². The number of hydrogen-bond donors (Lipinski definition) is 2. The van der Waals surface area contributed by atoms with Gasteiger partial charge >= 0.3 is 10.1 Å². The van der Waals surface area contributed by atoms with E-state index in [1.807, 2.05) is 0 Å². The number of hydrogen-bond acceptors (Lipinski definition) is 5. The van der Waals surface area contributed by atoms with Crippen molar-refractivity contribution in [3.8, 4) is 5.75 Å². The highest BCUT2D eigenvalue weighted by Crippen LogP contribution is 2.30. The molecule has 1 aromatic rings. The fraction of sp³-hybridized carbons (Fsp3) is 0.650. The molecule has 0 heterocycles. The van der Waals surface area contributed by atoms with E-state index in [2.05, 4.69) is 10.2 Å². The fourth-order valence-corrected chi connectivity index (χ4v) is 4.09. The largest absolute Gasteiger partial charge is 0.381 e. The Morgan fingerprint density at radius 1 is 1.04 bits per heavy atom. The lowest BCUT2D eigenvalue weighted by Gasteiger charge is -2.09. The first-order chi connectivity index (χ1) is 13.5. The molecule has 6 nitrogen and oxygen atoms in total. The summed E-state index contributed by atoms with van der Waals surface area (Å²) in [5.41, 5.74) is 6.01. The molecule has 8 heteroatoms. The van der Waals surface area contributed by atoms with E-state index in [-0.39, 0.29) is 23.1 Å². The van der Waals surface area contributed by atoms with Crippen LogP contribution >= 0.6 is 11.6 Å². The maximum Gasteiger partial charge on any atom is 0.309 e. The van der Waals surface area contributed by atoms with Crippen LogP contribution in [-0.4, -0.2) is 33.8 Å². The monoisotopic (exact) mass is 429 g/mol.